The van der Waals surface area contributed by atoms with Gasteiger partial charge < -0.3 is 10.6 Å². The van der Waals surface area contributed by atoms with E-state index >= 15 is 0 Å². The van der Waals surface area contributed by atoms with Gasteiger partial charge in [-0.1, -0.05) is 29.8 Å². The number of nitrogens with zero attached hydrogens (tertiary/aromatic N) is 2. The zero-order chi connectivity index (χ0) is 19.2. The summed E-state index contributed by atoms with van der Waals surface area (Å²) in [6.45, 7) is 0.576. The third-order valence-corrected chi connectivity index (χ3v) is 3.94. The number of amides is 1. The summed E-state index contributed by atoms with van der Waals surface area (Å²) in [6.07, 6.45) is 3.28. The fraction of sp³-hybridized carbons (Fsp3) is 0.105. The minimum atomic E-state index is -0.858. The fourth-order valence-electron chi connectivity index (χ4n) is 2.35. The van der Waals surface area contributed by atoms with Crippen molar-refractivity contribution in [3.05, 3.63) is 82.6 Å². The molecule has 0 saturated heterocycles. The van der Waals surface area contributed by atoms with Crippen molar-refractivity contribution in [2.75, 3.05) is 17.2 Å². The Balaban J connectivity index is 1.57. The van der Waals surface area contributed by atoms with Crippen LogP contribution in [0.5, 0.6) is 0 Å². The first-order valence-electron chi connectivity index (χ1n) is 8.08. The van der Waals surface area contributed by atoms with E-state index in [1.165, 1.54) is 18.5 Å². The molecule has 0 spiro atoms. The maximum absolute atomic E-state index is 13.6. The second-order valence-electron chi connectivity index (χ2n) is 5.65. The van der Waals surface area contributed by atoms with Crippen LogP contribution in [0.3, 0.4) is 0 Å². The Labute approximate surface area is 159 Å². The van der Waals surface area contributed by atoms with Crippen LogP contribution in [0.2, 0.25) is 5.02 Å². The predicted octanol–water partition coefficient (Wildman–Crippen LogP) is 4.32. The number of carbonyl (C=O) groups excluding carboxylic acids is 1. The molecule has 1 aromatic heterocycles. The topological polar surface area (TPSA) is 66.9 Å². The summed E-state index contributed by atoms with van der Waals surface area (Å²) in [7, 11) is 0. The largest absolute Gasteiger partial charge is 0.354 e. The van der Waals surface area contributed by atoms with Crippen LogP contribution in [0.15, 0.2) is 54.9 Å². The van der Waals surface area contributed by atoms with Crippen molar-refractivity contribution in [3.63, 3.8) is 0 Å². The highest BCUT2D eigenvalue weighted by Gasteiger charge is 2.14. The van der Waals surface area contributed by atoms with Gasteiger partial charge in [-0.05, 0) is 36.2 Å². The lowest BCUT2D eigenvalue weighted by Gasteiger charge is -2.08. The highest BCUT2D eigenvalue weighted by molar-refractivity contribution is 6.30. The molecule has 3 aromatic rings. The van der Waals surface area contributed by atoms with E-state index in [0.717, 1.165) is 24.1 Å². The highest BCUT2D eigenvalue weighted by atomic mass is 35.5. The lowest BCUT2D eigenvalue weighted by atomic mass is 10.1. The molecule has 0 bridgehead atoms. The van der Waals surface area contributed by atoms with Crippen molar-refractivity contribution in [3.8, 4) is 0 Å². The predicted molar refractivity (Wildman–Crippen MR) is 100.0 cm³/mol. The van der Waals surface area contributed by atoms with E-state index in [4.69, 9.17) is 11.6 Å². The van der Waals surface area contributed by atoms with Gasteiger partial charge in [-0.15, -0.1) is 0 Å². The number of anilines is 2. The number of carbonyl (C=O) groups is 1. The van der Waals surface area contributed by atoms with Gasteiger partial charge in [0, 0.05) is 24.0 Å². The van der Waals surface area contributed by atoms with Crippen molar-refractivity contribution in [1.82, 2.24) is 9.97 Å². The van der Waals surface area contributed by atoms with Gasteiger partial charge in [-0.2, -0.15) is 0 Å². The molecule has 0 aliphatic rings. The number of hydrogen-bond donors (Lipinski definition) is 2. The van der Waals surface area contributed by atoms with Crippen LogP contribution >= 0.6 is 11.6 Å². The SMILES string of the molecule is O=C(Nc1c(F)cccc1F)c1cnc(NCCc2cccc(Cl)c2)nc1. The summed E-state index contributed by atoms with van der Waals surface area (Å²) in [5.74, 6) is -2.08. The molecule has 0 unspecified atom stereocenters. The quantitative estimate of drug-likeness (QED) is 0.660. The molecule has 0 saturated carbocycles. The van der Waals surface area contributed by atoms with Crippen molar-refractivity contribution >= 4 is 29.1 Å². The molecule has 2 aromatic carbocycles. The zero-order valence-corrected chi connectivity index (χ0v) is 14.8. The highest BCUT2D eigenvalue weighted by Crippen LogP contribution is 2.19. The van der Waals surface area contributed by atoms with Gasteiger partial charge in [0.05, 0.1) is 5.56 Å². The maximum atomic E-state index is 13.6. The van der Waals surface area contributed by atoms with Crippen LogP contribution in [-0.2, 0) is 6.42 Å². The monoisotopic (exact) mass is 388 g/mol. The van der Waals surface area contributed by atoms with Crippen molar-refractivity contribution in [2.24, 2.45) is 0 Å². The summed E-state index contributed by atoms with van der Waals surface area (Å²) in [5.41, 5.74) is 0.641. The first-order chi connectivity index (χ1) is 13.0. The van der Waals surface area contributed by atoms with Gasteiger partial charge in [0.15, 0.2) is 0 Å². The first kappa shape index (κ1) is 18.7. The summed E-state index contributed by atoms with van der Waals surface area (Å²) in [6, 6.07) is 10.8. The number of rotatable bonds is 6. The number of hydrogen-bond acceptors (Lipinski definition) is 4. The molecule has 0 aliphatic carbocycles. The van der Waals surface area contributed by atoms with E-state index in [2.05, 4.69) is 20.6 Å². The van der Waals surface area contributed by atoms with Gasteiger partial charge >= 0.3 is 0 Å². The lowest BCUT2D eigenvalue weighted by molar-refractivity contribution is 0.102. The Morgan fingerprint density at radius 3 is 2.37 bits per heavy atom. The summed E-state index contributed by atoms with van der Waals surface area (Å²) < 4.78 is 27.2. The van der Waals surface area contributed by atoms with Gasteiger partial charge in [-0.3, -0.25) is 4.79 Å². The molecular weight excluding hydrogens is 374 g/mol. The smallest absolute Gasteiger partial charge is 0.258 e. The van der Waals surface area contributed by atoms with E-state index in [1.54, 1.807) is 6.07 Å². The van der Waals surface area contributed by atoms with Gasteiger partial charge in [0.2, 0.25) is 5.95 Å². The molecule has 5 nitrogen and oxygen atoms in total. The Hall–Kier alpha value is -3.06. The lowest BCUT2D eigenvalue weighted by Crippen LogP contribution is -2.16. The fourth-order valence-corrected chi connectivity index (χ4v) is 2.56. The van der Waals surface area contributed by atoms with E-state index in [0.29, 0.717) is 17.5 Å². The van der Waals surface area contributed by atoms with Crippen LogP contribution in [0.25, 0.3) is 0 Å². The summed E-state index contributed by atoms with van der Waals surface area (Å²) >= 11 is 5.94. The number of nitrogens with one attached hydrogen (secondary N) is 2. The van der Waals surface area contributed by atoms with E-state index in [1.807, 2.05) is 18.2 Å². The number of benzene rings is 2. The molecule has 138 valence electrons. The van der Waals surface area contributed by atoms with Gasteiger partial charge in [-0.25, -0.2) is 18.7 Å². The van der Waals surface area contributed by atoms with E-state index < -0.39 is 23.2 Å². The molecule has 8 heteroatoms. The normalized spacial score (nSPS) is 10.5. The first-order valence-corrected chi connectivity index (χ1v) is 8.46. The minimum absolute atomic E-state index is 0.0815. The molecule has 0 atom stereocenters. The molecular formula is C19H15ClF2N4O. The molecule has 1 heterocycles. The van der Waals surface area contributed by atoms with E-state index in [-0.39, 0.29) is 5.56 Å². The van der Waals surface area contributed by atoms with Crippen LogP contribution in [0.1, 0.15) is 15.9 Å². The standard InChI is InChI=1S/C19H15ClF2N4O/c20-14-4-1-3-12(9-14)7-8-23-19-24-10-13(11-25-19)18(27)26-17-15(21)5-2-6-16(17)22/h1-6,9-11H,7-8H2,(H,26,27)(H,23,24,25). The Morgan fingerprint density at radius 1 is 1.04 bits per heavy atom. The Kier molecular flexibility index (Phi) is 5.93. The number of para-hydroxylation sites is 1. The molecule has 0 fully saturated rings. The maximum Gasteiger partial charge on any atom is 0.258 e. The van der Waals surface area contributed by atoms with Crippen molar-refractivity contribution < 1.29 is 13.6 Å². The average Bonchev–Trinajstić information content (AvgIpc) is 2.65. The van der Waals surface area contributed by atoms with Crippen LogP contribution < -0.4 is 10.6 Å². The van der Waals surface area contributed by atoms with Crippen LogP contribution in [-0.4, -0.2) is 22.4 Å². The zero-order valence-electron chi connectivity index (χ0n) is 14.0. The molecule has 0 radical (unpaired) electrons. The Bertz CT molecular complexity index is 930. The van der Waals surface area contributed by atoms with Crippen LogP contribution in [0.4, 0.5) is 20.4 Å². The summed E-state index contributed by atoms with van der Waals surface area (Å²) in [5, 5.41) is 5.88. The Morgan fingerprint density at radius 2 is 1.70 bits per heavy atom. The minimum Gasteiger partial charge on any atom is -0.354 e. The van der Waals surface area contributed by atoms with Crippen LogP contribution in [0, 0.1) is 11.6 Å². The van der Waals surface area contributed by atoms with Gasteiger partial charge in [0.1, 0.15) is 17.3 Å². The van der Waals surface area contributed by atoms with Crippen molar-refractivity contribution in [2.45, 2.75) is 6.42 Å². The van der Waals surface area contributed by atoms with Crippen molar-refractivity contribution in [1.29, 1.82) is 0 Å². The van der Waals surface area contributed by atoms with E-state index in [9.17, 15) is 13.6 Å². The number of halogens is 3. The third-order valence-electron chi connectivity index (χ3n) is 3.70. The van der Waals surface area contributed by atoms with Gasteiger partial charge in [0.25, 0.3) is 5.91 Å². The molecule has 3 rings (SSSR count). The second-order valence-corrected chi connectivity index (χ2v) is 6.09. The molecule has 0 aliphatic heterocycles. The average molecular weight is 389 g/mol. The molecule has 27 heavy (non-hydrogen) atoms. The summed E-state index contributed by atoms with van der Waals surface area (Å²) in [4.78, 5) is 20.2. The number of aromatic nitrogens is 2. The third kappa shape index (κ3) is 4.98. The molecule has 1 amide bonds. The molecule has 2 N–H and O–H groups in total. The second kappa shape index (κ2) is 8.55.